The Hall–Kier alpha value is -1.10. The highest BCUT2D eigenvalue weighted by Crippen LogP contribution is 2.17. The summed E-state index contributed by atoms with van der Waals surface area (Å²) in [4.78, 5) is 6.84. The lowest BCUT2D eigenvalue weighted by atomic mass is 10.1. The van der Waals surface area contributed by atoms with Crippen molar-refractivity contribution in [1.29, 1.82) is 0 Å². The number of aromatic nitrogens is 2. The van der Waals surface area contributed by atoms with E-state index in [-0.39, 0.29) is 0 Å². The molecule has 0 saturated carbocycles. The Labute approximate surface area is 122 Å². The SMILES string of the molecule is CCCNC(CC)Cc1nc(N2CCCCCC2)no1. The van der Waals surface area contributed by atoms with Gasteiger partial charge in [0.1, 0.15) is 0 Å². The molecule has 0 aliphatic carbocycles. The predicted molar refractivity (Wildman–Crippen MR) is 81.1 cm³/mol. The van der Waals surface area contributed by atoms with Crippen LogP contribution in [0.2, 0.25) is 0 Å². The van der Waals surface area contributed by atoms with Crippen molar-refractivity contribution < 1.29 is 4.52 Å². The van der Waals surface area contributed by atoms with E-state index in [1.54, 1.807) is 0 Å². The molecule has 0 spiro atoms. The summed E-state index contributed by atoms with van der Waals surface area (Å²) in [5, 5.41) is 7.69. The van der Waals surface area contributed by atoms with E-state index in [1.165, 1.54) is 25.7 Å². The first kappa shape index (κ1) is 15.3. The molecule has 1 unspecified atom stereocenters. The second-order valence-electron chi connectivity index (χ2n) is 5.65. The number of anilines is 1. The third kappa shape index (κ3) is 4.47. The van der Waals surface area contributed by atoms with Crippen LogP contribution in [0.3, 0.4) is 0 Å². The molecule has 1 aromatic rings. The summed E-state index contributed by atoms with van der Waals surface area (Å²) in [5.41, 5.74) is 0. The Bertz CT molecular complexity index is 372. The van der Waals surface area contributed by atoms with Crippen molar-refractivity contribution in [3.05, 3.63) is 5.89 Å². The Morgan fingerprint density at radius 2 is 1.95 bits per heavy atom. The zero-order chi connectivity index (χ0) is 14.2. The molecule has 0 amide bonds. The molecule has 1 N–H and O–H groups in total. The van der Waals surface area contributed by atoms with Gasteiger partial charge in [-0.15, -0.1) is 0 Å². The van der Waals surface area contributed by atoms with Gasteiger partial charge in [0.05, 0.1) is 0 Å². The second kappa shape index (κ2) is 8.25. The molecule has 5 heteroatoms. The number of nitrogens with zero attached hydrogens (tertiary/aromatic N) is 3. The van der Waals surface area contributed by atoms with Crippen molar-refractivity contribution in [2.75, 3.05) is 24.5 Å². The fourth-order valence-corrected chi connectivity index (χ4v) is 2.65. The van der Waals surface area contributed by atoms with Gasteiger partial charge in [0.15, 0.2) is 0 Å². The van der Waals surface area contributed by atoms with Gasteiger partial charge >= 0.3 is 0 Å². The van der Waals surface area contributed by atoms with Crippen LogP contribution in [0.25, 0.3) is 0 Å². The highest BCUT2D eigenvalue weighted by Gasteiger charge is 2.17. The topological polar surface area (TPSA) is 54.2 Å². The van der Waals surface area contributed by atoms with Gasteiger partial charge in [-0.3, -0.25) is 0 Å². The van der Waals surface area contributed by atoms with E-state index >= 15 is 0 Å². The van der Waals surface area contributed by atoms with Crippen molar-refractivity contribution in [2.24, 2.45) is 0 Å². The predicted octanol–water partition coefficient (Wildman–Crippen LogP) is 2.77. The first-order chi connectivity index (χ1) is 9.83. The quantitative estimate of drug-likeness (QED) is 0.832. The van der Waals surface area contributed by atoms with Crippen LogP contribution in [0.4, 0.5) is 5.95 Å². The molecule has 0 bridgehead atoms. The maximum absolute atomic E-state index is 5.43. The molecule has 1 saturated heterocycles. The maximum atomic E-state index is 5.43. The van der Waals surface area contributed by atoms with Gasteiger partial charge in [-0.25, -0.2) is 0 Å². The molecular formula is C15H28N4O. The van der Waals surface area contributed by atoms with E-state index in [0.717, 1.165) is 50.7 Å². The van der Waals surface area contributed by atoms with E-state index in [4.69, 9.17) is 4.52 Å². The van der Waals surface area contributed by atoms with Gasteiger partial charge in [0.25, 0.3) is 5.95 Å². The summed E-state index contributed by atoms with van der Waals surface area (Å²) in [6.45, 7) is 7.55. The van der Waals surface area contributed by atoms with Gasteiger partial charge in [-0.05, 0) is 37.4 Å². The summed E-state index contributed by atoms with van der Waals surface area (Å²) in [5.74, 6) is 1.55. The van der Waals surface area contributed by atoms with Crippen molar-refractivity contribution >= 4 is 5.95 Å². The second-order valence-corrected chi connectivity index (χ2v) is 5.65. The summed E-state index contributed by atoms with van der Waals surface area (Å²) >= 11 is 0. The van der Waals surface area contributed by atoms with Crippen LogP contribution < -0.4 is 10.2 Å². The lowest BCUT2D eigenvalue weighted by Gasteiger charge is -2.16. The fourth-order valence-electron chi connectivity index (χ4n) is 2.65. The first-order valence-corrected chi connectivity index (χ1v) is 8.14. The van der Waals surface area contributed by atoms with E-state index in [1.807, 2.05) is 0 Å². The minimum atomic E-state index is 0.437. The van der Waals surface area contributed by atoms with Gasteiger partial charge < -0.3 is 14.7 Å². The lowest BCUT2D eigenvalue weighted by molar-refractivity contribution is 0.353. The molecule has 0 aromatic carbocycles. The van der Waals surface area contributed by atoms with Crippen LogP contribution in [0.5, 0.6) is 0 Å². The molecule has 1 aromatic heterocycles. The normalized spacial score (nSPS) is 18.0. The molecule has 1 fully saturated rings. The molecule has 114 valence electrons. The molecule has 2 rings (SSSR count). The van der Waals surface area contributed by atoms with Crippen molar-refractivity contribution in [1.82, 2.24) is 15.5 Å². The first-order valence-electron chi connectivity index (χ1n) is 8.14. The number of nitrogens with one attached hydrogen (secondary N) is 1. The van der Waals surface area contributed by atoms with Gasteiger partial charge in [0.2, 0.25) is 5.89 Å². The third-order valence-corrected chi connectivity index (χ3v) is 3.94. The smallest absolute Gasteiger partial charge is 0.266 e. The van der Waals surface area contributed by atoms with Crippen LogP contribution >= 0.6 is 0 Å². The van der Waals surface area contributed by atoms with E-state index in [0.29, 0.717) is 6.04 Å². The lowest BCUT2D eigenvalue weighted by Crippen LogP contribution is -2.31. The highest BCUT2D eigenvalue weighted by atomic mass is 16.5. The molecule has 1 aliphatic rings. The summed E-state index contributed by atoms with van der Waals surface area (Å²) < 4.78 is 5.43. The van der Waals surface area contributed by atoms with Crippen LogP contribution in [0.1, 0.15) is 58.3 Å². The Balaban J connectivity index is 1.90. The summed E-state index contributed by atoms with van der Waals surface area (Å²) in [6.07, 6.45) is 8.18. The molecule has 1 aliphatic heterocycles. The van der Waals surface area contributed by atoms with E-state index < -0.39 is 0 Å². The van der Waals surface area contributed by atoms with Gasteiger partial charge in [-0.1, -0.05) is 26.7 Å². The average molecular weight is 280 g/mol. The Morgan fingerprint density at radius 1 is 1.20 bits per heavy atom. The molecule has 1 atom stereocenters. The third-order valence-electron chi connectivity index (χ3n) is 3.94. The molecule has 5 nitrogen and oxygen atoms in total. The van der Waals surface area contributed by atoms with Crippen molar-refractivity contribution in [3.63, 3.8) is 0 Å². The monoisotopic (exact) mass is 280 g/mol. The Kier molecular flexibility index (Phi) is 6.30. The Morgan fingerprint density at radius 3 is 2.60 bits per heavy atom. The molecular weight excluding hydrogens is 252 g/mol. The molecule has 2 heterocycles. The van der Waals surface area contributed by atoms with Crippen LogP contribution in [0, 0.1) is 0 Å². The van der Waals surface area contributed by atoms with Gasteiger partial charge in [-0.2, -0.15) is 4.98 Å². The van der Waals surface area contributed by atoms with Crippen LogP contribution in [-0.4, -0.2) is 35.8 Å². The minimum absolute atomic E-state index is 0.437. The maximum Gasteiger partial charge on any atom is 0.266 e. The van der Waals surface area contributed by atoms with Crippen LogP contribution in [0.15, 0.2) is 4.52 Å². The highest BCUT2D eigenvalue weighted by molar-refractivity contribution is 5.27. The van der Waals surface area contributed by atoms with Crippen molar-refractivity contribution in [3.8, 4) is 0 Å². The fraction of sp³-hybridized carbons (Fsp3) is 0.867. The number of hydrogen-bond acceptors (Lipinski definition) is 5. The summed E-state index contributed by atoms with van der Waals surface area (Å²) in [7, 11) is 0. The zero-order valence-corrected chi connectivity index (χ0v) is 12.9. The minimum Gasteiger partial charge on any atom is -0.338 e. The summed E-state index contributed by atoms with van der Waals surface area (Å²) in [6, 6.07) is 0.437. The zero-order valence-electron chi connectivity index (χ0n) is 12.9. The molecule has 0 radical (unpaired) electrons. The van der Waals surface area contributed by atoms with Gasteiger partial charge in [0, 0.05) is 25.6 Å². The van der Waals surface area contributed by atoms with E-state index in [9.17, 15) is 0 Å². The largest absolute Gasteiger partial charge is 0.338 e. The van der Waals surface area contributed by atoms with E-state index in [2.05, 4.69) is 34.2 Å². The average Bonchev–Trinajstić information content (AvgIpc) is 2.76. The number of hydrogen-bond donors (Lipinski definition) is 1. The van der Waals surface area contributed by atoms with Crippen molar-refractivity contribution in [2.45, 2.75) is 64.8 Å². The molecule has 20 heavy (non-hydrogen) atoms. The van der Waals surface area contributed by atoms with Crippen LogP contribution in [-0.2, 0) is 6.42 Å². The number of rotatable bonds is 7. The standard InChI is InChI=1S/C15H28N4O/c1-3-9-16-13(4-2)12-14-17-15(18-20-14)19-10-7-5-6-8-11-19/h13,16H,3-12H2,1-2H3.